The third-order valence-electron chi connectivity index (χ3n) is 4.14. The molecule has 25 heavy (non-hydrogen) atoms. The smallest absolute Gasteiger partial charge is 0.299 e. The first-order valence-electron chi connectivity index (χ1n) is 8.41. The maximum atomic E-state index is 12.7. The summed E-state index contributed by atoms with van der Waals surface area (Å²) in [5, 5.41) is 15.3. The molecule has 0 saturated heterocycles. The highest BCUT2D eigenvalue weighted by atomic mass is 16.5. The molecule has 0 aliphatic carbocycles. The lowest BCUT2D eigenvalue weighted by atomic mass is 10.1. The highest BCUT2D eigenvalue weighted by molar-refractivity contribution is 6.11. The van der Waals surface area contributed by atoms with E-state index in [1.54, 1.807) is 12.1 Å². The van der Waals surface area contributed by atoms with Crippen molar-refractivity contribution in [3.05, 3.63) is 46.5 Å². The molecule has 1 aromatic heterocycles. The van der Waals surface area contributed by atoms with Gasteiger partial charge >= 0.3 is 0 Å². The van der Waals surface area contributed by atoms with Crippen LogP contribution in [0.25, 0.3) is 21.9 Å². The van der Waals surface area contributed by atoms with Crippen molar-refractivity contribution in [3.63, 3.8) is 0 Å². The molecule has 0 aliphatic heterocycles. The van der Waals surface area contributed by atoms with Gasteiger partial charge in [-0.05, 0) is 32.9 Å². The van der Waals surface area contributed by atoms with Crippen molar-refractivity contribution in [2.24, 2.45) is 0 Å². The second-order valence-electron chi connectivity index (χ2n) is 8.34. The van der Waals surface area contributed by atoms with Gasteiger partial charge in [-0.1, -0.05) is 18.2 Å². The minimum absolute atomic E-state index is 0.473. The number of nitrogens with zero attached hydrogens (tertiary/aromatic N) is 2. The van der Waals surface area contributed by atoms with Crippen molar-refractivity contribution < 1.29 is 9.18 Å². The van der Waals surface area contributed by atoms with Crippen molar-refractivity contribution in [1.82, 2.24) is 0 Å². The predicted octanol–water partition coefficient (Wildman–Crippen LogP) is 5.90. The summed E-state index contributed by atoms with van der Waals surface area (Å²) in [4.78, 5) is 12.7. The maximum Gasteiger partial charge on any atom is 0.299 e. The van der Waals surface area contributed by atoms with E-state index in [0.717, 1.165) is 20.6 Å². The van der Waals surface area contributed by atoms with E-state index in [9.17, 15) is 10.1 Å². The van der Waals surface area contributed by atoms with Crippen LogP contribution < -0.4 is 5.06 Å². The zero-order valence-corrected chi connectivity index (χ0v) is 15.6. The van der Waals surface area contributed by atoms with Gasteiger partial charge in [0.1, 0.15) is 0 Å². The van der Waals surface area contributed by atoms with Gasteiger partial charge < -0.3 is 14.7 Å². The van der Waals surface area contributed by atoms with Crippen molar-refractivity contribution in [2.45, 2.75) is 52.6 Å². The standard InChI is InChI=1S/C20H24N2O3/c1-19(2,3)21(23)15-11-7-9-13-14-10-8-12-16(18(14)25-17(13)15)22(24)20(4,5)6/h7-12H,1-6H3. The molecular weight excluding hydrogens is 316 g/mol. The van der Waals surface area contributed by atoms with Crippen LogP contribution in [0.4, 0.5) is 11.4 Å². The van der Waals surface area contributed by atoms with Crippen molar-refractivity contribution in [2.75, 3.05) is 5.06 Å². The number of fused-ring (bicyclic) bond motifs is 3. The molecule has 0 amide bonds. The Morgan fingerprint density at radius 1 is 0.920 bits per heavy atom. The van der Waals surface area contributed by atoms with Gasteiger partial charge in [-0.15, -0.1) is 0 Å². The number of furan rings is 1. The normalized spacial score (nSPS) is 12.8. The molecule has 3 rings (SSSR count). The summed E-state index contributed by atoms with van der Waals surface area (Å²) in [6.07, 6.45) is 0. The van der Waals surface area contributed by atoms with Crippen LogP contribution in [0.3, 0.4) is 0 Å². The van der Waals surface area contributed by atoms with Gasteiger partial charge in [0.2, 0.25) is 11.1 Å². The van der Waals surface area contributed by atoms with Crippen LogP contribution in [-0.4, -0.2) is 15.8 Å². The first-order valence-corrected chi connectivity index (χ1v) is 8.41. The quantitative estimate of drug-likeness (QED) is 0.430. The summed E-state index contributed by atoms with van der Waals surface area (Å²) in [5.74, 6) is 0. The number of hydrogen-bond donors (Lipinski definition) is 0. The van der Waals surface area contributed by atoms with Crippen molar-refractivity contribution in [3.8, 4) is 0 Å². The van der Waals surface area contributed by atoms with E-state index in [4.69, 9.17) is 4.42 Å². The Kier molecular flexibility index (Phi) is 3.88. The Bertz CT molecular complexity index is 959. The van der Waals surface area contributed by atoms with Crippen molar-refractivity contribution >= 4 is 33.3 Å². The average Bonchev–Trinajstić information content (AvgIpc) is 2.90. The second-order valence-corrected chi connectivity index (χ2v) is 8.34. The number of nitroso groups, excluding NO2 is 1. The zero-order chi connectivity index (χ0) is 18.6. The predicted molar refractivity (Wildman–Crippen MR) is 102 cm³/mol. The fraction of sp³-hybridized carbons (Fsp3) is 0.400. The Morgan fingerprint density at radius 3 is 2.04 bits per heavy atom. The fourth-order valence-electron chi connectivity index (χ4n) is 2.83. The summed E-state index contributed by atoms with van der Waals surface area (Å²) >= 11 is 0. The Morgan fingerprint density at radius 2 is 1.48 bits per heavy atom. The minimum Gasteiger partial charge on any atom is -0.758 e. The summed E-state index contributed by atoms with van der Waals surface area (Å²) in [5.41, 5.74) is 0.785. The van der Waals surface area contributed by atoms with Gasteiger partial charge in [-0.25, -0.2) is 0 Å². The molecule has 0 unspecified atom stereocenters. The maximum absolute atomic E-state index is 12.7. The van der Waals surface area contributed by atoms with Crippen LogP contribution in [0.2, 0.25) is 0 Å². The third kappa shape index (κ3) is 2.89. The van der Waals surface area contributed by atoms with E-state index >= 15 is 0 Å². The second kappa shape index (κ2) is 5.56. The number of anilines is 1. The summed E-state index contributed by atoms with van der Waals surface area (Å²) in [6, 6.07) is 11.0. The molecule has 0 saturated carbocycles. The number of hydrogen-bond acceptors (Lipinski definition) is 4. The molecule has 0 fully saturated rings. The molecule has 5 nitrogen and oxygen atoms in total. The van der Waals surface area contributed by atoms with Crippen LogP contribution in [0.15, 0.2) is 40.8 Å². The molecule has 5 heteroatoms. The Balaban J connectivity index is 2.32. The largest absolute Gasteiger partial charge is 0.758 e. The van der Waals surface area contributed by atoms with Crippen molar-refractivity contribution in [1.29, 1.82) is 0 Å². The van der Waals surface area contributed by atoms with E-state index < -0.39 is 11.1 Å². The topological polar surface area (TPSA) is 59.5 Å². The number of hydroxylamine groups is 1. The molecule has 0 radical (unpaired) electrons. The van der Waals surface area contributed by atoms with Gasteiger partial charge in [0.25, 0.3) is 5.69 Å². The highest BCUT2D eigenvalue weighted by Crippen LogP contribution is 2.40. The molecule has 0 spiro atoms. The molecule has 2 aromatic carbocycles. The van der Waals surface area contributed by atoms with E-state index in [-0.39, 0.29) is 0 Å². The monoisotopic (exact) mass is 340 g/mol. The summed E-state index contributed by atoms with van der Waals surface area (Å²) in [6.45, 7) is 11.1. The van der Waals surface area contributed by atoms with Crippen LogP contribution in [-0.2, 0) is 0 Å². The number of benzene rings is 2. The van der Waals surface area contributed by atoms with Crippen LogP contribution in [0.1, 0.15) is 41.5 Å². The number of para-hydroxylation sites is 2. The highest BCUT2D eigenvalue weighted by Gasteiger charge is 2.34. The van der Waals surface area contributed by atoms with Gasteiger partial charge in [0, 0.05) is 52.8 Å². The lowest BCUT2D eigenvalue weighted by Crippen LogP contribution is -2.36. The van der Waals surface area contributed by atoms with Gasteiger partial charge in [-0.3, -0.25) is 0 Å². The molecule has 3 aromatic rings. The lowest BCUT2D eigenvalue weighted by molar-refractivity contribution is -0.539. The number of rotatable bonds is 2. The van der Waals surface area contributed by atoms with Crippen LogP contribution in [0, 0.1) is 10.1 Å². The molecule has 0 N–H and O–H groups in total. The summed E-state index contributed by atoms with van der Waals surface area (Å²) in [7, 11) is 0. The minimum atomic E-state index is -0.591. The first-order chi connectivity index (χ1) is 11.5. The van der Waals surface area contributed by atoms with E-state index in [2.05, 4.69) is 0 Å². The first kappa shape index (κ1) is 17.4. The molecular formula is C20H24N2O3. The van der Waals surface area contributed by atoms with Crippen LogP contribution in [0.5, 0.6) is 0 Å². The molecule has 0 bridgehead atoms. The SMILES string of the molecule is CC(C)(C)N([O-])c1cccc2c1oc1c([N+](=O)C(C)(C)C)cccc12. The van der Waals surface area contributed by atoms with E-state index in [0.29, 0.717) is 22.5 Å². The molecule has 1 heterocycles. The van der Waals surface area contributed by atoms with E-state index in [1.807, 2.05) is 65.8 Å². The average molecular weight is 340 g/mol. The fourth-order valence-corrected chi connectivity index (χ4v) is 2.83. The molecule has 0 atom stereocenters. The van der Waals surface area contributed by atoms with Gasteiger partial charge in [0.05, 0.1) is 5.69 Å². The molecule has 0 aliphatic rings. The third-order valence-corrected chi connectivity index (χ3v) is 4.14. The molecule has 132 valence electrons. The van der Waals surface area contributed by atoms with E-state index in [1.165, 1.54) is 0 Å². The Hall–Kier alpha value is -2.40. The Labute approximate surface area is 147 Å². The zero-order valence-electron chi connectivity index (χ0n) is 15.6. The van der Waals surface area contributed by atoms with Gasteiger partial charge in [0.15, 0.2) is 5.58 Å². The van der Waals surface area contributed by atoms with Crippen LogP contribution >= 0.6 is 0 Å². The van der Waals surface area contributed by atoms with Gasteiger partial charge in [-0.2, -0.15) is 0 Å². The summed E-state index contributed by atoms with van der Waals surface area (Å²) < 4.78 is 7.02. The lowest BCUT2D eigenvalue weighted by Gasteiger charge is -2.43.